The molecular formula is C31H35N5O3. The number of rotatable bonds is 8. The van der Waals surface area contributed by atoms with Crippen molar-refractivity contribution in [3.8, 4) is 0 Å². The van der Waals surface area contributed by atoms with Crippen LogP contribution in [0.1, 0.15) is 41.6 Å². The van der Waals surface area contributed by atoms with Crippen molar-refractivity contribution in [2.75, 3.05) is 19.6 Å². The van der Waals surface area contributed by atoms with Crippen LogP contribution in [-0.2, 0) is 22.7 Å². The number of carbonyl (C=O) groups excluding carboxylic acids is 3. The lowest BCUT2D eigenvalue weighted by molar-refractivity contribution is -0.158. The van der Waals surface area contributed by atoms with E-state index in [2.05, 4.69) is 5.32 Å². The lowest BCUT2D eigenvalue weighted by Crippen LogP contribution is -2.62. The van der Waals surface area contributed by atoms with Gasteiger partial charge in [0.25, 0.3) is 5.91 Å². The van der Waals surface area contributed by atoms with Crippen molar-refractivity contribution in [1.82, 2.24) is 25.1 Å². The Labute approximate surface area is 229 Å². The molecule has 1 N–H and O–H groups in total. The highest BCUT2D eigenvalue weighted by atomic mass is 16.2. The number of hydrogen-bond donors (Lipinski definition) is 1. The molecule has 8 nitrogen and oxygen atoms in total. The Morgan fingerprint density at radius 3 is 2.31 bits per heavy atom. The first-order valence-electron chi connectivity index (χ1n) is 13.5. The van der Waals surface area contributed by atoms with Gasteiger partial charge in [-0.1, -0.05) is 91.9 Å². The SMILES string of the molecule is CCCN(C(=O)NCc1ccccc1)N1CC(=O)N2[C@@H](c3ccccc3)C(=O)N(Cc3ccccc3C)C[C@@H]21. The van der Waals surface area contributed by atoms with E-state index >= 15 is 0 Å². The molecule has 0 saturated carbocycles. The van der Waals surface area contributed by atoms with Gasteiger partial charge in [0.1, 0.15) is 12.2 Å². The first-order valence-corrected chi connectivity index (χ1v) is 13.5. The second kappa shape index (κ2) is 11.7. The minimum atomic E-state index is -0.748. The molecule has 0 aliphatic carbocycles. The van der Waals surface area contributed by atoms with Crippen molar-refractivity contribution < 1.29 is 14.4 Å². The van der Waals surface area contributed by atoms with Gasteiger partial charge in [-0.15, -0.1) is 0 Å². The average Bonchev–Trinajstić information content (AvgIpc) is 3.28. The zero-order valence-electron chi connectivity index (χ0n) is 22.5. The van der Waals surface area contributed by atoms with Crippen LogP contribution in [0.5, 0.6) is 0 Å². The topological polar surface area (TPSA) is 76.2 Å². The lowest BCUT2D eigenvalue weighted by Gasteiger charge is -2.46. The fourth-order valence-electron chi connectivity index (χ4n) is 5.46. The molecule has 4 amide bonds. The molecule has 2 fully saturated rings. The van der Waals surface area contributed by atoms with E-state index in [-0.39, 0.29) is 24.4 Å². The Hall–Kier alpha value is -4.17. The van der Waals surface area contributed by atoms with Crippen molar-refractivity contribution >= 4 is 17.8 Å². The second-order valence-corrected chi connectivity index (χ2v) is 10.1. The zero-order chi connectivity index (χ0) is 27.4. The Balaban J connectivity index is 1.45. The summed E-state index contributed by atoms with van der Waals surface area (Å²) in [5.74, 6) is -0.263. The minimum absolute atomic E-state index is 0.0399. The van der Waals surface area contributed by atoms with Gasteiger partial charge >= 0.3 is 6.03 Å². The van der Waals surface area contributed by atoms with E-state index < -0.39 is 12.2 Å². The zero-order valence-corrected chi connectivity index (χ0v) is 22.5. The maximum absolute atomic E-state index is 13.9. The highest BCUT2D eigenvalue weighted by Gasteiger charge is 2.52. The molecule has 2 atom stereocenters. The predicted molar refractivity (Wildman–Crippen MR) is 149 cm³/mol. The lowest BCUT2D eigenvalue weighted by atomic mass is 9.99. The highest BCUT2D eigenvalue weighted by Crippen LogP contribution is 2.36. The molecule has 2 saturated heterocycles. The number of benzene rings is 3. The Kier molecular flexibility index (Phi) is 7.93. The summed E-state index contributed by atoms with van der Waals surface area (Å²) in [5, 5.41) is 6.51. The number of hydrazine groups is 1. The molecule has 0 bridgehead atoms. The number of aryl methyl sites for hydroxylation is 1. The van der Waals surface area contributed by atoms with Crippen LogP contribution in [0.15, 0.2) is 84.9 Å². The van der Waals surface area contributed by atoms with E-state index in [1.165, 1.54) is 0 Å². The number of fused-ring (bicyclic) bond motifs is 1. The van der Waals surface area contributed by atoms with E-state index in [9.17, 15) is 14.4 Å². The van der Waals surface area contributed by atoms with Crippen LogP contribution in [0.3, 0.4) is 0 Å². The van der Waals surface area contributed by atoms with Gasteiger partial charge in [0.05, 0.1) is 13.1 Å². The summed E-state index contributed by atoms with van der Waals surface area (Å²) < 4.78 is 0. The van der Waals surface area contributed by atoms with Crippen molar-refractivity contribution in [3.05, 3.63) is 107 Å². The van der Waals surface area contributed by atoms with Gasteiger partial charge in [-0.2, -0.15) is 5.01 Å². The summed E-state index contributed by atoms with van der Waals surface area (Å²) >= 11 is 0. The number of amides is 4. The van der Waals surface area contributed by atoms with Crippen molar-refractivity contribution in [3.63, 3.8) is 0 Å². The van der Waals surface area contributed by atoms with Crippen molar-refractivity contribution in [1.29, 1.82) is 0 Å². The van der Waals surface area contributed by atoms with E-state index in [4.69, 9.17) is 0 Å². The highest BCUT2D eigenvalue weighted by molar-refractivity contribution is 5.92. The molecule has 0 spiro atoms. The Morgan fingerprint density at radius 2 is 1.62 bits per heavy atom. The summed E-state index contributed by atoms with van der Waals surface area (Å²) in [6.45, 7) is 5.69. The molecule has 0 aromatic heterocycles. The summed E-state index contributed by atoms with van der Waals surface area (Å²) in [4.78, 5) is 44.5. The quantitative estimate of drug-likeness (QED) is 0.481. The minimum Gasteiger partial charge on any atom is -0.333 e. The maximum atomic E-state index is 13.9. The molecular weight excluding hydrogens is 490 g/mol. The van der Waals surface area contributed by atoms with Crippen LogP contribution in [0, 0.1) is 6.92 Å². The fourth-order valence-corrected chi connectivity index (χ4v) is 5.46. The van der Waals surface area contributed by atoms with Crippen LogP contribution >= 0.6 is 0 Å². The van der Waals surface area contributed by atoms with Crippen LogP contribution in [-0.4, -0.2) is 63.5 Å². The second-order valence-electron chi connectivity index (χ2n) is 10.1. The molecule has 39 heavy (non-hydrogen) atoms. The van der Waals surface area contributed by atoms with Gasteiger partial charge in [-0.3, -0.25) is 14.6 Å². The third-order valence-electron chi connectivity index (χ3n) is 7.46. The molecule has 202 valence electrons. The van der Waals surface area contributed by atoms with Crippen LogP contribution in [0.4, 0.5) is 4.79 Å². The molecule has 2 aliphatic rings. The van der Waals surface area contributed by atoms with Gasteiger partial charge in [0.15, 0.2) is 0 Å². The first kappa shape index (κ1) is 26.4. The normalized spacial score (nSPS) is 19.2. The number of piperazine rings is 1. The molecule has 3 aromatic rings. The molecule has 3 aromatic carbocycles. The summed E-state index contributed by atoms with van der Waals surface area (Å²) in [5.41, 5.74) is 3.94. The van der Waals surface area contributed by atoms with Crippen LogP contribution < -0.4 is 5.32 Å². The average molecular weight is 526 g/mol. The summed E-state index contributed by atoms with van der Waals surface area (Å²) in [7, 11) is 0. The van der Waals surface area contributed by atoms with Gasteiger partial charge < -0.3 is 15.1 Å². The third kappa shape index (κ3) is 5.52. The van der Waals surface area contributed by atoms with Crippen LogP contribution in [0.2, 0.25) is 0 Å². The van der Waals surface area contributed by atoms with Crippen LogP contribution in [0.25, 0.3) is 0 Å². The van der Waals surface area contributed by atoms with Gasteiger partial charge in [-0.25, -0.2) is 4.79 Å². The van der Waals surface area contributed by atoms with Gasteiger partial charge in [0.2, 0.25) is 5.91 Å². The maximum Gasteiger partial charge on any atom is 0.332 e. The first-order chi connectivity index (χ1) is 19.0. The number of carbonyl (C=O) groups is 3. The van der Waals surface area contributed by atoms with E-state index in [1.54, 1.807) is 9.91 Å². The standard InChI is InChI=1S/C31H35N5O3/c1-3-18-34(31(39)32-19-24-13-6-4-7-14-24)35-22-28(37)36-27(35)21-33(20-26-17-11-10-12-23(26)2)30(38)29(36)25-15-8-5-9-16-25/h4-17,27,29H,3,18-22H2,1-2H3,(H,32,39)/t27-,29+/m1/s1. The Bertz CT molecular complexity index is 1320. The molecule has 5 rings (SSSR count). The molecule has 2 aliphatic heterocycles. The molecule has 0 radical (unpaired) electrons. The smallest absolute Gasteiger partial charge is 0.332 e. The van der Waals surface area contributed by atoms with Crippen molar-refractivity contribution in [2.45, 2.75) is 45.6 Å². The Morgan fingerprint density at radius 1 is 0.949 bits per heavy atom. The van der Waals surface area contributed by atoms with E-state index in [0.717, 1.165) is 28.7 Å². The number of nitrogens with one attached hydrogen (secondary N) is 1. The van der Waals surface area contributed by atoms with Gasteiger partial charge in [-0.05, 0) is 35.6 Å². The number of hydrogen-bond acceptors (Lipinski definition) is 4. The fraction of sp³-hybridized carbons (Fsp3) is 0.323. The number of nitrogens with zero attached hydrogens (tertiary/aromatic N) is 4. The molecule has 0 unspecified atom stereocenters. The van der Waals surface area contributed by atoms with E-state index in [0.29, 0.717) is 26.2 Å². The molecule has 2 heterocycles. The largest absolute Gasteiger partial charge is 0.333 e. The molecule has 8 heteroatoms. The van der Waals surface area contributed by atoms with E-state index in [1.807, 2.05) is 109 Å². The third-order valence-corrected chi connectivity index (χ3v) is 7.46. The summed E-state index contributed by atoms with van der Waals surface area (Å²) in [6.07, 6.45) is 0.267. The predicted octanol–water partition coefficient (Wildman–Crippen LogP) is 4.09. The monoisotopic (exact) mass is 525 g/mol. The number of urea groups is 1. The van der Waals surface area contributed by atoms with Crippen molar-refractivity contribution in [2.24, 2.45) is 0 Å². The van der Waals surface area contributed by atoms with Gasteiger partial charge in [0, 0.05) is 19.6 Å². The summed E-state index contributed by atoms with van der Waals surface area (Å²) in [6, 6.07) is 26.2.